The zero-order valence-electron chi connectivity index (χ0n) is 13.2. The fourth-order valence-corrected chi connectivity index (χ4v) is 3.09. The topological polar surface area (TPSA) is 66.8 Å². The van der Waals surface area contributed by atoms with E-state index < -0.39 is 0 Å². The van der Waals surface area contributed by atoms with Crippen LogP contribution in [-0.2, 0) is 19.5 Å². The van der Waals surface area contributed by atoms with Gasteiger partial charge in [-0.3, -0.25) is 14.4 Å². The molecule has 6 nitrogen and oxygen atoms in total. The van der Waals surface area contributed by atoms with Crippen LogP contribution in [0.5, 0.6) is 0 Å². The maximum Gasteiger partial charge on any atom is 0.256 e. The summed E-state index contributed by atoms with van der Waals surface area (Å²) in [4.78, 5) is 21.8. The molecule has 0 spiro atoms. The van der Waals surface area contributed by atoms with Crippen molar-refractivity contribution in [3.05, 3.63) is 39.6 Å². The Morgan fingerprint density at radius 3 is 2.95 bits per heavy atom. The standard InChI is InChI=1S/C15H21N5OS/c1-10(2)20-8-11(6-16-20)7-19-5-4-13-12(9-19)14(21)18-15(17-13)22-3/h6,8,10H,4-5,7,9H2,1-3H3,(H,17,18,21). The van der Waals surface area contributed by atoms with E-state index in [9.17, 15) is 4.79 Å². The quantitative estimate of drug-likeness (QED) is 0.688. The van der Waals surface area contributed by atoms with Crippen LogP contribution in [0.4, 0.5) is 0 Å². The molecular formula is C15H21N5OS. The van der Waals surface area contributed by atoms with Crippen molar-refractivity contribution in [3.63, 3.8) is 0 Å². The van der Waals surface area contributed by atoms with Gasteiger partial charge >= 0.3 is 0 Å². The highest BCUT2D eigenvalue weighted by molar-refractivity contribution is 7.98. The van der Waals surface area contributed by atoms with E-state index in [0.717, 1.165) is 30.8 Å². The molecule has 0 aromatic carbocycles. The van der Waals surface area contributed by atoms with Crippen LogP contribution in [0, 0.1) is 0 Å². The monoisotopic (exact) mass is 319 g/mol. The van der Waals surface area contributed by atoms with Gasteiger partial charge in [-0.1, -0.05) is 11.8 Å². The van der Waals surface area contributed by atoms with Crippen molar-refractivity contribution in [3.8, 4) is 0 Å². The van der Waals surface area contributed by atoms with E-state index in [1.807, 2.05) is 17.1 Å². The first-order valence-corrected chi connectivity index (χ1v) is 8.70. The van der Waals surface area contributed by atoms with Gasteiger partial charge in [0.25, 0.3) is 5.56 Å². The summed E-state index contributed by atoms with van der Waals surface area (Å²) in [6.45, 7) is 6.62. The summed E-state index contributed by atoms with van der Waals surface area (Å²) in [7, 11) is 0. The number of nitrogens with zero attached hydrogens (tertiary/aromatic N) is 4. The molecule has 2 aromatic rings. The third kappa shape index (κ3) is 3.10. The summed E-state index contributed by atoms with van der Waals surface area (Å²) >= 11 is 1.47. The zero-order chi connectivity index (χ0) is 15.7. The van der Waals surface area contributed by atoms with Crippen LogP contribution >= 0.6 is 11.8 Å². The molecule has 1 aliphatic heterocycles. The van der Waals surface area contributed by atoms with Gasteiger partial charge in [0.2, 0.25) is 0 Å². The molecule has 0 bridgehead atoms. The first-order valence-electron chi connectivity index (χ1n) is 7.48. The van der Waals surface area contributed by atoms with E-state index in [1.165, 1.54) is 17.3 Å². The number of aromatic nitrogens is 4. The smallest absolute Gasteiger partial charge is 0.256 e. The van der Waals surface area contributed by atoms with Gasteiger partial charge in [0.15, 0.2) is 5.16 Å². The lowest BCUT2D eigenvalue weighted by atomic mass is 10.1. The summed E-state index contributed by atoms with van der Waals surface area (Å²) in [6, 6.07) is 0.368. The molecule has 3 heterocycles. The van der Waals surface area contributed by atoms with Crippen molar-refractivity contribution < 1.29 is 0 Å². The minimum Gasteiger partial charge on any atom is -0.301 e. The Hall–Kier alpha value is -1.60. The average Bonchev–Trinajstić information content (AvgIpc) is 2.96. The summed E-state index contributed by atoms with van der Waals surface area (Å²) in [6.07, 6.45) is 6.74. The van der Waals surface area contributed by atoms with Crippen molar-refractivity contribution in [2.75, 3.05) is 12.8 Å². The predicted octanol–water partition coefficient (Wildman–Crippen LogP) is 1.83. The second-order valence-corrected chi connectivity index (χ2v) is 6.68. The van der Waals surface area contributed by atoms with Crippen LogP contribution in [-0.4, -0.2) is 37.4 Å². The average molecular weight is 319 g/mol. The van der Waals surface area contributed by atoms with E-state index in [0.29, 0.717) is 17.7 Å². The Bertz CT molecular complexity index is 721. The molecule has 0 saturated heterocycles. The number of hydrogen-bond donors (Lipinski definition) is 1. The maximum absolute atomic E-state index is 12.2. The Morgan fingerprint density at radius 2 is 2.27 bits per heavy atom. The Balaban J connectivity index is 1.75. The zero-order valence-corrected chi connectivity index (χ0v) is 14.0. The first kappa shape index (κ1) is 15.3. The van der Waals surface area contributed by atoms with Crippen LogP contribution < -0.4 is 5.56 Å². The molecule has 3 rings (SSSR count). The Morgan fingerprint density at radius 1 is 1.45 bits per heavy atom. The van der Waals surface area contributed by atoms with Crippen molar-refractivity contribution in [2.45, 2.75) is 44.6 Å². The predicted molar refractivity (Wildman–Crippen MR) is 87.1 cm³/mol. The fourth-order valence-electron chi connectivity index (χ4n) is 2.69. The van der Waals surface area contributed by atoms with Crippen LogP contribution in [0.25, 0.3) is 0 Å². The third-order valence-corrected chi connectivity index (χ3v) is 4.49. The molecule has 0 aliphatic carbocycles. The summed E-state index contributed by atoms with van der Waals surface area (Å²) in [5, 5.41) is 5.08. The van der Waals surface area contributed by atoms with E-state index in [4.69, 9.17) is 0 Å². The minimum absolute atomic E-state index is 0.00285. The van der Waals surface area contributed by atoms with Crippen molar-refractivity contribution in [1.82, 2.24) is 24.6 Å². The number of nitrogens with one attached hydrogen (secondary N) is 1. The van der Waals surface area contributed by atoms with E-state index in [1.54, 1.807) is 0 Å². The van der Waals surface area contributed by atoms with Crippen molar-refractivity contribution in [1.29, 1.82) is 0 Å². The molecule has 118 valence electrons. The number of fused-ring (bicyclic) bond motifs is 1. The van der Waals surface area contributed by atoms with E-state index in [-0.39, 0.29) is 5.56 Å². The highest BCUT2D eigenvalue weighted by Crippen LogP contribution is 2.18. The largest absolute Gasteiger partial charge is 0.301 e. The number of rotatable bonds is 4. The lowest BCUT2D eigenvalue weighted by molar-refractivity contribution is 0.241. The summed E-state index contributed by atoms with van der Waals surface area (Å²) < 4.78 is 1.96. The molecule has 0 radical (unpaired) electrons. The molecule has 0 atom stereocenters. The molecule has 0 unspecified atom stereocenters. The lowest BCUT2D eigenvalue weighted by Gasteiger charge is -2.27. The second kappa shape index (κ2) is 6.26. The van der Waals surface area contributed by atoms with Crippen LogP contribution in [0.1, 0.15) is 36.7 Å². The highest BCUT2D eigenvalue weighted by atomic mass is 32.2. The molecular weight excluding hydrogens is 298 g/mol. The molecule has 22 heavy (non-hydrogen) atoms. The molecule has 7 heteroatoms. The molecule has 1 N–H and O–H groups in total. The summed E-state index contributed by atoms with van der Waals surface area (Å²) in [5.41, 5.74) is 2.93. The van der Waals surface area contributed by atoms with Crippen molar-refractivity contribution in [2.24, 2.45) is 0 Å². The SMILES string of the molecule is CSc1nc2c(c(=O)[nH]1)CN(Cc1cnn(C(C)C)c1)CC2. The van der Waals surface area contributed by atoms with Crippen molar-refractivity contribution >= 4 is 11.8 Å². The Kier molecular flexibility index (Phi) is 4.35. The van der Waals surface area contributed by atoms with Gasteiger partial charge in [-0.05, 0) is 20.1 Å². The van der Waals surface area contributed by atoms with Gasteiger partial charge in [-0.15, -0.1) is 0 Å². The minimum atomic E-state index is -0.00285. The molecule has 0 saturated carbocycles. The lowest BCUT2D eigenvalue weighted by Crippen LogP contribution is -2.35. The number of H-pyrrole nitrogens is 1. The first-order chi connectivity index (χ1) is 10.6. The van der Waals surface area contributed by atoms with E-state index in [2.05, 4.69) is 40.0 Å². The van der Waals surface area contributed by atoms with E-state index >= 15 is 0 Å². The molecule has 2 aromatic heterocycles. The second-order valence-electron chi connectivity index (χ2n) is 5.88. The van der Waals surface area contributed by atoms with Gasteiger partial charge in [0, 0.05) is 43.9 Å². The molecule has 1 aliphatic rings. The summed E-state index contributed by atoms with van der Waals surface area (Å²) in [5.74, 6) is 0. The number of hydrogen-bond acceptors (Lipinski definition) is 5. The normalized spacial score (nSPS) is 15.3. The highest BCUT2D eigenvalue weighted by Gasteiger charge is 2.21. The third-order valence-electron chi connectivity index (χ3n) is 3.91. The van der Waals surface area contributed by atoms with Gasteiger partial charge in [0.05, 0.1) is 17.5 Å². The number of aromatic amines is 1. The van der Waals surface area contributed by atoms with Gasteiger partial charge in [-0.25, -0.2) is 4.98 Å². The van der Waals surface area contributed by atoms with Gasteiger partial charge in [0.1, 0.15) is 0 Å². The Labute approximate surface area is 133 Å². The maximum atomic E-state index is 12.2. The van der Waals surface area contributed by atoms with Crippen LogP contribution in [0.2, 0.25) is 0 Å². The molecule has 0 amide bonds. The van der Waals surface area contributed by atoms with Gasteiger partial charge in [-0.2, -0.15) is 5.10 Å². The van der Waals surface area contributed by atoms with Gasteiger partial charge < -0.3 is 4.98 Å². The fraction of sp³-hybridized carbons (Fsp3) is 0.533. The number of thioether (sulfide) groups is 1. The van der Waals surface area contributed by atoms with Crippen LogP contribution in [0.15, 0.2) is 22.3 Å². The van der Waals surface area contributed by atoms with Crippen LogP contribution in [0.3, 0.4) is 0 Å². The molecule has 0 fully saturated rings.